The Labute approximate surface area is 193 Å². The molecule has 1 fully saturated rings. The van der Waals surface area contributed by atoms with Gasteiger partial charge in [-0.1, -0.05) is 43.8 Å². The Morgan fingerprint density at radius 3 is 2.56 bits per heavy atom. The van der Waals surface area contributed by atoms with Crippen molar-refractivity contribution in [1.29, 1.82) is 0 Å². The lowest BCUT2D eigenvalue weighted by Crippen LogP contribution is -2.19. The number of thioether (sulfide) groups is 1. The van der Waals surface area contributed by atoms with Crippen LogP contribution < -0.4 is 5.32 Å². The molecule has 0 bridgehead atoms. The van der Waals surface area contributed by atoms with Crippen molar-refractivity contribution in [1.82, 2.24) is 19.7 Å². The largest absolute Gasteiger partial charge is 0.376 e. The predicted octanol–water partition coefficient (Wildman–Crippen LogP) is 4.37. The van der Waals surface area contributed by atoms with Crippen molar-refractivity contribution in [3.05, 3.63) is 53.9 Å². The van der Waals surface area contributed by atoms with E-state index in [1.54, 1.807) is 12.4 Å². The molecule has 1 amide bonds. The van der Waals surface area contributed by atoms with Crippen molar-refractivity contribution >= 4 is 23.4 Å². The van der Waals surface area contributed by atoms with Crippen molar-refractivity contribution in [2.24, 2.45) is 0 Å². The van der Waals surface area contributed by atoms with Gasteiger partial charge in [0.05, 0.1) is 18.4 Å². The highest BCUT2D eigenvalue weighted by Gasteiger charge is 2.22. The Morgan fingerprint density at radius 2 is 1.91 bits per heavy atom. The molecule has 0 radical (unpaired) electrons. The lowest BCUT2D eigenvalue weighted by Gasteiger charge is -2.16. The third-order valence-corrected chi connectivity index (χ3v) is 6.63. The summed E-state index contributed by atoms with van der Waals surface area (Å²) in [5, 5.41) is 12.7. The number of carbonyl (C=O) groups is 1. The summed E-state index contributed by atoms with van der Waals surface area (Å²) in [4.78, 5) is 16.9. The van der Waals surface area contributed by atoms with Gasteiger partial charge in [0.15, 0.2) is 11.0 Å². The monoisotopic (exact) mass is 451 g/mol. The van der Waals surface area contributed by atoms with Gasteiger partial charge in [-0.25, -0.2) is 0 Å². The Morgan fingerprint density at radius 1 is 1.16 bits per heavy atom. The number of nitrogens with zero attached hydrogens (tertiary/aromatic N) is 4. The standard InChI is InChI=1S/C24H29N5O2S/c1-3-17-7-5-8-18(4-2)22(17)26-21(30)16-32-24-28-27-23(19-10-12-25-13-11-19)29(24)15-20-9-6-14-31-20/h5,7-8,10-13,20H,3-4,6,9,14-16H2,1-2H3,(H,26,30). The van der Waals surface area contributed by atoms with Gasteiger partial charge in [0.1, 0.15) is 0 Å². The molecule has 2 aromatic heterocycles. The summed E-state index contributed by atoms with van der Waals surface area (Å²) in [6.45, 7) is 5.67. The topological polar surface area (TPSA) is 81.9 Å². The van der Waals surface area contributed by atoms with Crippen LogP contribution >= 0.6 is 11.8 Å². The number of pyridine rings is 1. The van der Waals surface area contributed by atoms with Crippen LogP contribution in [0.4, 0.5) is 5.69 Å². The molecule has 8 heteroatoms. The molecule has 1 N–H and O–H groups in total. The van der Waals surface area contributed by atoms with Crippen LogP contribution in [-0.4, -0.2) is 44.1 Å². The van der Waals surface area contributed by atoms with Crippen LogP contribution in [0.2, 0.25) is 0 Å². The van der Waals surface area contributed by atoms with Crippen LogP contribution in [0.15, 0.2) is 47.9 Å². The molecule has 1 saturated heterocycles. The molecule has 32 heavy (non-hydrogen) atoms. The summed E-state index contributed by atoms with van der Waals surface area (Å²) in [5.41, 5.74) is 4.21. The number of ether oxygens (including phenoxy) is 1. The van der Waals surface area contributed by atoms with E-state index >= 15 is 0 Å². The van der Waals surface area contributed by atoms with Gasteiger partial charge in [0, 0.05) is 30.3 Å². The number of hydrogen-bond acceptors (Lipinski definition) is 6. The molecule has 0 spiro atoms. The number of nitrogens with one attached hydrogen (secondary N) is 1. The zero-order valence-electron chi connectivity index (χ0n) is 18.6. The molecule has 7 nitrogen and oxygen atoms in total. The van der Waals surface area contributed by atoms with Gasteiger partial charge in [-0.2, -0.15) is 0 Å². The fraction of sp³-hybridized carbons (Fsp3) is 0.417. The Bertz CT molecular complexity index is 1030. The first-order chi connectivity index (χ1) is 15.7. The van der Waals surface area contributed by atoms with Gasteiger partial charge >= 0.3 is 0 Å². The molecule has 1 unspecified atom stereocenters. The van der Waals surface area contributed by atoms with Gasteiger partial charge < -0.3 is 10.1 Å². The lowest BCUT2D eigenvalue weighted by atomic mass is 10.0. The molecule has 1 aliphatic heterocycles. The van der Waals surface area contributed by atoms with Crippen molar-refractivity contribution in [2.75, 3.05) is 17.7 Å². The second kappa shape index (κ2) is 10.7. The van der Waals surface area contributed by atoms with Gasteiger partial charge in [0.25, 0.3) is 0 Å². The zero-order valence-corrected chi connectivity index (χ0v) is 19.4. The minimum absolute atomic E-state index is 0.0391. The number of anilines is 1. The van der Waals surface area contributed by atoms with E-state index in [1.165, 1.54) is 11.8 Å². The number of amides is 1. The van der Waals surface area contributed by atoms with Gasteiger partial charge in [0.2, 0.25) is 5.91 Å². The second-order valence-corrected chi connectivity index (χ2v) is 8.73. The van der Waals surface area contributed by atoms with Crippen molar-refractivity contribution < 1.29 is 9.53 Å². The molecule has 0 saturated carbocycles. The summed E-state index contributed by atoms with van der Waals surface area (Å²) in [6.07, 6.45) is 7.48. The van der Waals surface area contributed by atoms with Crippen LogP contribution in [0.5, 0.6) is 0 Å². The van der Waals surface area contributed by atoms with Gasteiger partial charge in [-0.3, -0.25) is 14.3 Å². The Balaban J connectivity index is 1.50. The quantitative estimate of drug-likeness (QED) is 0.487. The van der Waals surface area contributed by atoms with Crippen LogP contribution in [-0.2, 0) is 28.9 Å². The van der Waals surface area contributed by atoms with Crippen molar-refractivity contribution in [3.63, 3.8) is 0 Å². The second-order valence-electron chi connectivity index (χ2n) is 7.78. The van der Waals surface area contributed by atoms with E-state index in [9.17, 15) is 4.79 Å². The number of rotatable bonds is 9. The fourth-order valence-corrected chi connectivity index (χ4v) is 4.72. The first-order valence-corrected chi connectivity index (χ1v) is 12.2. The van der Waals surface area contributed by atoms with Crippen LogP contribution in [0.3, 0.4) is 0 Å². The fourth-order valence-electron chi connectivity index (χ4n) is 3.98. The average molecular weight is 452 g/mol. The van der Waals surface area contributed by atoms with E-state index in [0.717, 1.165) is 65.6 Å². The van der Waals surface area contributed by atoms with E-state index in [1.807, 2.05) is 12.1 Å². The van der Waals surface area contributed by atoms with Crippen LogP contribution in [0.1, 0.15) is 37.8 Å². The summed E-state index contributed by atoms with van der Waals surface area (Å²) < 4.78 is 7.92. The molecule has 1 atom stereocenters. The van der Waals surface area contributed by atoms with E-state index in [0.29, 0.717) is 6.54 Å². The number of aryl methyl sites for hydroxylation is 2. The maximum absolute atomic E-state index is 12.8. The smallest absolute Gasteiger partial charge is 0.234 e. The minimum atomic E-state index is -0.0391. The maximum atomic E-state index is 12.8. The van der Waals surface area contributed by atoms with Crippen LogP contribution in [0, 0.1) is 0 Å². The highest BCUT2D eigenvalue weighted by Crippen LogP contribution is 2.27. The van der Waals surface area contributed by atoms with E-state index in [4.69, 9.17) is 4.74 Å². The normalized spacial score (nSPS) is 15.8. The summed E-state index contributed by atoms with van der Waals surface area (Å²) in [5.74, 6) is 0.999. The minimum Gasteiger partial charge on any atom is -0.376 e. The Hall–Kier alpha value is -2.71. The highest BCUT2D eigenvalue weighted by atomic mass is 32.2. The summed E-state index contributed by atoms with van der Waals surface area (Å²) in [6, 6.07) is 10.0. The van der Waals surface area contributed by atoms with Crippen molar-refractivity contribution in [2.45, 2.75) is 57.3 Å². The zero-order chi connectivity index (χ0) is 22.3. The van der Waals surface area contributed by atoms with E-state index < -0.39 is 0 Å². The van der Waals surface area contributed by atoms with E-state index in [-0.39, 0.29) is 17.8 Å². The number of hydrogen-bond donors (Lipinski definition) is 1. The number of benzene rings is 1. The highest BCUT2D eigenvalue weighted by molar-refractivity contribution is 7.99. The molecule has 1 aliphatic rings. The molecule has 4 rings (SSSR count). The molecular formula is C24H29N5O2S. The molecule has 3 heterocycles. The molecule has 0 aliphatic carbocycles. The third-order valence-electron chi connectivity index (χ3n) is 5.66. The molecule has 3 aromatic rings. The summed E-state index contributed by atoms with van der Waals surface area (Å²) in [7, 11) is 0. The summed E-state index contributed by atoms with van der Waals surface area (Å²) >= 11 is 1.41. The molecule has 168 valence electrons. The predicted molar refractivity (Wildman–Crippen MR) is 127 cm³/mol. The number of para-hydroxylation sites is 1. The van der Waals surface area contributed by atoms with Gasteiger partial charge in [-0.05, 0) is 48.9 Å². The first-order valence-electron chi connectivity index (χ1n) is 11.2. The average Bonchev–Trinajstić information content (AvgIpc) is 3.49. The third kappa shape index (κ3) is 5.19. The van der Waals surface area contributed by atoms with Crippen LogP contribution in [0.25, 0.3) is 11.4 Å². The van der Waals surface area contributed by atoms with Gasteiger partial charge in [-0.15, -0.1) is 10.2 Å². The SMILES string of the molecule is CCc1cccc(CC)c1NC(=O)CSc1nnc(-c2ccncc2)n1CC1CCCO1. The molecule has 1 aromatic carbocycles. The van der Waals surface area contributed by atoms with E-state index in [2.05, 4.69) is 57.1 Å². The lowest BCUT2D eigenvalue weighted by molar-refractivity contribution is -0.113. The van der Waals surface area contributed by atoms with Crippen molar-refractivity contribution in [3.8, 4) is 11.4 Å². The number of aromatic nitrogens is 4. The Kier molecular flexibility index (Phi) is 7.55. The maximum Gasteiger partial charge on any atom is 0.234 e. The number of carbonyl (C=O) groups excluding carboxylic acids is 1. The molecular weight excluding hydrogens is 422 g/mol. The first kappa shape index (κ1) is 22.5.